The highest BCUT2D eigenvalue weighted by molar-refractivity contribution is 9.10. The summed E-state index contributed by atoms with van der Waals surface area (Å²) < 4.78 is 1.12. The molecule has 0 bridgehead atoms. The summed E-state index contributed by atoms with van der Waals surface area (Å²) in [4.78, 5) is 0. The SMILES string of the molecule is Cc1cc(CNc2cc(Cl)cc(Cl)c2)ccc1Br. The summed E-state index contributed by atoms with van der Waals surface area (Å²) >= 11 is 15.4. The van der Waals surface area contributed by atoms with Gasteiger partial charge in [-0.15, -0.1) is 0 Å². The Balaban J connectivity index is 2.08. The van der Waals surface area contributed by atoms with E-state index in [0.717, 1.165) is 16.7 Å². The minimum atomic E-state index is 0.636. The average Bonchev–Trinajstić information content (AvgIpc) is 2.29. The van der Waals surface area contributed by atoms with Gasteiger partial charge in [0, 0.05) is 26.8 Å². The monoisotopic (exact) mass is 343 g/mol. The molecular weight excluding hydrogens is 333 g/mol. The zero-order valence-corrected chi connectivity index (χ0v) is 12.9. The smallest absolute Gasteiger partial charge is 0.0441 e. The summed E-state index contributed by atoms with van der Waals surface area (Å²) in [6, 6.07) is 11.7. The van der Waals surface area contributed by atoms with E-state index < -0.39 is 0 Å². The number of rotatable bonds is 3. The molecule has 0 aliphatic heterocycles. The third kappa shape index (κ3) is 3.64. The zero-order valence-electron chi connectivity index (χ0n) is 9.81. The fraction of sp³-hybridized carbons (Fsp3) is 0.143. The van der Waals surface area contributed by atoms with Gasteiger partial charge in [0.1, 0.15) is 0 Å². The maximum Gasteiger partial charge on any atom is 0.0441 e. The van der Waals surface area contributed by atoms with Crippen molar-refractivity contribution in [2.45, 2.75) is 13.5 Å². The van der Waals surface area contributed by atoms with Crippen molar-refractivity contribution in [2.24, 2.45) is 0 Å². The number of aryl methyl sites for hydroxylation is 1. The van der Waals surface area contributed by atoms with Crippen LogP contribution in [0.1, 0.15) is 11.1 Å². The molecule has 0 amide bonds. The van der Waals surface area contributed by atoms with Gasteiger partial charge >= 0.3 is 0 Å². The van der Waals surface area contributed by atoms with Crippen LogP contribution in [0.3, 0.4) is 0 Å². The normalized spacial score (nSPS) is 10.4. The Morgan fingerprint density at radius 3 is 2.33 bits per heavy atom. The Morgan fingerprint density at radius 1 is 1.06 bits per heavy atom. The van der Waals surface area contributed by atoms with Crippen molar-refractivity contribution in [1.82, 2.24) is 0 Å². The molecule has 0 saturated heterocycles. The van der Waals surface area contributed by atoms with E-state index in [1.807, 2.05) is 12.1 Å². The lowest BCUT2D eigenvalue weighted by molar-refractivity contribution is 1.14. The number of halogens is 3. The van der Waals surface area contributed by atoms with E-state index in [0.29, 0.717) is 10.0 Å². The van der Waals surface area contributed by atoms with Crippen LogP contribution in [0.4, 0.5) is 5.69 Å². The summed E-state index contributed by atoms with van der Waals surface area (Å²) in [7, 11) is 0. The largest absolute Gasteiger partial charge is 0.381 e. The fourth-order valence-electron chi connectivity index (χ4n) is 1.68. The van der Waals surface area contributed by atoms with E-state index >= 15 is 0 Å². The zero-order chi connectivity index (χ0) is 13.1. The summed E-state index contributed by atoms with van der Waals surface area (Å²) in [6.45, 7) is 2.81. The average molecular weight is 345 g/mol. The lowest BCUT2D eigenvalue weighted by atomic mass is 10.1. The van der Waals surface area contributed by atoms with Gasteiger partial charge in [-0.3, -0.25) is 0 Å². The Kier molecular flexibility index (Phi) is 4.55. The van der Waals surface area contributed by atoms with Crippen LogP contribution in [0.2, 0.25) is 10.0 Å². The first kappa shape index (κ1) is 13.7. The van der Waals surface area contributed by atoms with E-state index in [1.54, 1.807) is 6.07 Å². The van der Waals surface area contributed by atoms with Gasteiger partial charge in [0.15, 0.2) is 0 Å². The van der Waals surface area contributed by atoms with Gasteiger partial charge in [-0.05, 0) is 42.3 Å². The van der Waals surface area contributed by atoms with Crippen LogP contribution >= 0.6 is 39.1 Å². The number of hydrogen-bond donors (Lipinski definition) is 1. The molecule has 0 spiro atoms. The van der Waals surface area contributed by atoms with Gasteiger partial charge in [0.25, 0.3) is 0 Å². The molecule has 0 aromatic heterocycles. The molecule has 1 nitrogen and oxygen atoms in total. The molecule has 2 aromatic carbocycles. The highest BCUT2D eigenvalue weighted by Gasteiger charge is 2.00. The van der Waals surface area contributed by atoms with Crippen LogP contribution < -0.4 is 5.32 Å². The quantitative estimate of drug-likeness (QED) is 0.755. The van der Waals surface area contributed by atoms with Crippen LogP contribution in [0, 0.1) is 6.92 Å². The van der Waals surface area contributed by atoms with Gasteiger partial charge in [-0.1, -0.05) is 51.3 Å². The lowest BCUT2D eigenvalue weighted by Crippen LogP contribution is -1.99. The van der Waals surface area contributed by atoms with E-state index in [2.05, 4.69) is 46.4 Å². The van der Waals surface area contributed by atoms with Gasteiger partial charge in [-0.2, -0.15) is 0 Å². The molecule has 4 heteroatoms. The number of benzene rings is 2. The molecule has 94 valence electrons. The predicted molar refractivity (Wildman–Crippen MR) is 82.7 cm³/mol. The summed E-state index contributed by atoms with van der Waals surface area (Å²) in [5, 5.41) is 4.58. The second-order valence-electron chi connectivity index (χ2n) is 4.10. The number of anilines is 1. The first-order chi connectivity index (χ1) is 8.54. The molecule has 0 radical (unpaired) electrons. The topological polar surface area (TPSA) is 12.0 Å². The van der Waals surface area contributed by atoms with Gasteiger partial charge in [0.05, 0.1) is 0 Å². The third-order valence-electron chi connectivity index (χ3n) is 2.58. The molecule has 0 unspecified atom stereocenters. The molecule has 2 rings (SSSR count). The van der Waals surface area contributed by atoms with Crippen molar-refractivity contribution in [3.05, 3.63) is 62.0 Å². The molecule has 0 heterocycles. The standard InChI is InChI=1S/C14H12BrCl2N/c1-9-4-10(2-3-14(9)15)8-18-13-6-11(16)5-12(17)7-13/h2-7,18H,8H2,1H3. The summed E-state index contributed by atoms with van der Waals surface area (Å²) in [5.41, 5.74) is 3.36. The van der Waals surface area contributed by atoms with Crippen molar-refractivity contribution >= 4 is 44.8 Å². The first-order valence-electron chi connectivity index (χ1n) is 5.49. The van der Waals surface area contributed by atoms with Gasteiger partial charge in [-0.25, -0.2) is 0 Å². The molecule has 0 saturated carbocycles. The molecule has 0 atom stereocenters. The summed E-state index contributed by atoms with van der Waals surface area (Å²) in [6.07, 6.45) is 0. The van der Waals surface area contributed by atoms with E-state index in [1.165, 1.54) is 11.1 Å². The van der Waals surface area contributed by atoms with E-state index in [-0.39, 0.29) is 0 Å². The maximum atomic E-state index is 5.95. The Labute approximate surface area is 125 Å². The molecule has 18 heavy (non-hydrogen) atoms. The predicted octanol–water partition coefficient (Wildman–Crippen LogP) is 5.68. The van der Waals surface area contributed by atoms with Gasteiger partial charge in [0.2, 0.25) is 0 Å². The Hall–Kier alpha value is -0.700. The number of nitrogens with one attached hydrogen (secondary N) is 1. The van der Waals surface area contributed by atoms with Gasteiger partial charge < -0.3 is 5.32 Å². The van der Waals surface area contributed by atoms with Crippen LogP contribution in [0.15, 0.2) is 40.9 Å². The van der Waals surface area contributed by atoms with Crippen LogP contribution in [0.25, 0.3) is 0 Å². The van der Waals surface area contributed by atoms with E-state index in [4.69, 9.17) is 23.2 Å². The maximum absolute atomic E-state index is 5.95. The second kappa shape index (κ2) is 5.96. The minimum Gasteiger partial charge on any atom is -0.381 e. The first-order valence-corrected chi connectivity index (χ1v) is 7.04. The van der Waals surface area contributed by atoms with Crippen LogP contribution in [-0.4, -0.2) is 0 Å². The van der Waals surface area contributed by atoms with Crippen LogP contribution in [0.5, 0.6) is 0 Å². The Morgan fingerprint density at radius 2 is 1.72 bits per heavy atom. The van der Waals surface area contributed by atoms with E-state index in [9.17, 15) is 0 Å². The second-order valence-corrected chi connectivity index (χ2v) is 5.82. The van der Waals surface area contributed by atoms with Crippen molar-refractivity contribution < 1.29 is 0 Å². The Bertz CT molecular complexity index is 549. The molecule has 0 aliphatic rings. The van der Waals surface area contributed by atoms with Crippen molar-refractivity contribution in [1.29, 1.82) is 0 Å². The van der Waals surface area contributed by atoms with Crippen LogP contribution in [-0.2, 0) is 6.54 Å². The lowest BCUT2D eigenvalue weighted by Gasteiger charge is -2.09. The highest BCUT2D eigenvalue weighted by atomic mass is 79.9. The molecular formula is C14H12BrCl2N. The molecule has 2 aromatic rings. The highest BCUT2D eigenvalue weighted by Crippen LogP contribution is 2.23. The van der Waals surface area contributed by atoms with Crippen molar-refractivity contribution in [3.63, 3.8) is 0 Å². The minimum absolute atomic E-state index is 0.636. The van der Waals surface area contributed by atoms with Crippen molar-refractivity contribution in [2.75, 3.05) is 5.32 Å². The molecule has 0 fully saturated rings. The molecule has 0 aliphatic carbocycles. The third-order valence-corrected chi connectivity index (χ3v) is 3.91. The van der Waals surface area contributed by atoms with Crippen molar-refractivity contribution in [3.8, 4) is 0 Å². The fourth-order valence-corrected chi connectivity index (χ4v) is 2.45. The molecule has 1 N–H and O–H groups in total. The summed E-state index contributed by atoms with van der Waals surface area (Å²) in [5.74, 6) is 0. The number of hydrogen-bond acceptors (Lipinski definition) is 1.